The first-order valence-corrected chi connectivity index (χ1v) is 10.9. The summed E-state index contributed by atoms with van der Waals surface area (Å²) in [5, 5.41) is 2.23. The smallest absolute Gasteiger partial charge is 0.0778 e. The van der Waals surface area contributed by atoms with Crippen LogP contribution in [0.25, 0.3) is 27.8 Å². The van der Waals surface area contributed by atoms with Gasteiger partial charge in [-0.2, -0.15) is 0 Å². The third-order valence-corrected chi connectivity index (χ3v) is 6.33. The molecular weight excluding hydrogens is 388 g/mol. The van der Waals surface area contributed by atoms with Crippen LogP contribution in [-0.2, 0) is 0 Å². The lowest BCUT2D eigenvalue weighted by molar-refractivity contribution is 1.23. The Bertz CT molecular complexity index is 1520. The van der Waals surface area contributed by atoms with E-state index in [1.54, 1.807) is 0 Å². The van der Waals surface area contributed by atoms with Gasteiger partial charge in [-0.05, 0) is 39.5 Å². The molecule has 4 aromatic rings. The molecule has 0 bridgehead atoms. The van der Waals surface area contributed by atoms with Crippen LogP contribution in [0.3, 0.4) is 0 Å². The maximum atomic E-state index is 6.97. The molecule has 0 unspecified atom stereocenters. The zero-order valence-electron chi connectivity index (χ0n) is 17.6. The van der Waals surface area contributed by atoms with Gasteiger partial charge in [0, 0.05) is 22.9 Å². The molecule has 152 valence electrons. The zero-order valence-corrected chi connectivity index (χ0v) is 17.6. The van der Waals surface area contributed by atoms with Crippen LogP contribution in [0.1, 0.15) is 17.5 Å². The molecule has 4 aromatic carbocycles. The molecule has 2 N–H and O–H groups in total. The number of hydrogen-bond donors (Lipinski definition) is 1. The third kappa shape index (κ3) is 2.92. The fourth-order valence-electron chi connectivity index (χ4n) is 4.83. The number of nitrogens with zero attached hydrogens (tertiary/aromatic N) is 1. The molecule has 0 saturated carbocycles. The van der Waals surface area contributed by atoms with E-state index in [0.717, 1.165) is 39.9 Å². The van der Waals surface area contributed by atoms with Crippen LogP contribution in [0.2, 0.25) is 0 Å². The molecule has 32 heavy (non-hydrogen) atoms. The second-order valence-electron chi connectivity index (χ2n) is 8.18. The first-order valence-electron chi connectivity index (χ1n) is 10.9. The van der Waals surface area contributed by atoms with E-state index in [9.17, 15) is 0 Å². The van der Waals surface area contributed by atoms with Gasteiger partial charge in [-0.1, -0.05) is 103 Å². The average molecular weight is 411 g/mol. The van der Waals surface area contributed by atoms with Gasteiger partial charge in [0.1, 0.15) is 0 Å². The van der Waals surface area contributed by atoms with Gasteiger partial charge in [0.15, 0.2) is 0 Å². The molecule has 0 amide bonds. The van der Waals surface area contributed by atoms with Crippen molar-refractivity contribution >= 4 is 16.7 Å². The minimum atomic E-state index is 0.766. The van der Waals surface area contributed by atoms with Gasteiger partial charge in [-0.3, -0.25) is 0 Å². The van der Waals surface area contributed by atoms with Crippen LogP contribution >= 0.6 is 0 Å². The molecule has 0 spiro atoms. The van der Waals surface area contributed by atoms with E-state index < -0.39 is 0 Å². The van der Waals surface area contributed by atoms with Gasteiger partial charge >= 0.3 is 0 Å². The molecule has 6 rings (SSSR count). The highest BCUT2D eigenvalue weighted by Crippen LogP contribution is 2.44. The van der Waals surface area contributed by atoms with E-state index in [2.05, 4.69) is 97.1 Å². The normalized spacial score (nSPS) is 14.8. The summed E-state index contributed by atoms with van der Waals surface area (Å²) in [6.07, 6.45) is 0.766. The van der Waals surface area contributed by atoms with E-state index in [1.165, 1.54) is 27.5 Å². The fraction of sp³-hybridized carbons (Fsp3) is 0.0333. The summed E-state index contributed by atoms with van der Waals surface area (Å²) in [6.45, 7) is 0. The van der Waals surface area contributed by atoms with Crippen molar-refractivity contribution in [3.63, 3.8) is 0 Å². The summed E-state index contributed by atoms with van der Waals surface area (Å²) < 4.78 is 0. The Morgan fingerprint density at radius 2 is 1.16 bits per heavy atom. The molecule has 2 aliphatic rings. The maximum absolute atomic E-state index is 6.97. The largest absolute Gasteiger partial charge is 0.398 e. The molecule has 2 heteroatoms. The van der Waals surface area contributed by atoms with Gasteiger partial charge in [-0.25, -0.2) is 4.99 Å². The minimum absolute atomic E-state index is 0.766. The lowest BCUT2D eigenvalue weighted by Crippen LogP contribution is -2.22. The van der Waals surface area contributed by atoms with Crippen LogP contribution in [0.15, 0.2) is 126 Å². The lowest BCUT2D eigenvalue weighted by atomic mass is 9.81. The van der Waals surface area contributed by atoms with Crippen LogP contribution in [0.5, 0.6) is 0 Å². The predicted octanol–water partition coefficient (Wildman–Crippen LogP) is 5.32. The number of allylic oxidation sites excluding steroid dienone is 3. The first-order chi connectivity index (χ1) is 15.8. The molecule has 0 fully saturated rings. The highest BCUT2D eigenvalue weighted by molar-refractivity contribution is 6.03. The Morgan fingerprint density at radius 3 is 1.91 bits per heavy atom. The monoisotopic (exact) mass is 410 g/mol. The number of para-hydroxylation sites is 1. The van der Waals surface area contributed by atoms with E-state index in [0.29, 0.717) is 0 Å². The number of rotatable bonds is 3. The van der Waals surface area contributed by atoms with Crippen molar-refractivity contribution < 1.29 is 0 Å². The van der Waals surface area contributed by atoms with Crippen molar-refractivity contribution in [2.45, 2.75) is 6.42 Å². The first kappa shape index (κ1) is 18.6. The van der Waals surface area contributed by atoms with Crippen LogP contribution in [-0.4, -0.2) is 0 Å². The molecule has 0 radical (unpaired) electrons. The summed E-state index contributed by atoms with van der Waals surface area (Å²) in [7, 11) is 0. The molecule has 1 aliphatic heterocycles. The second kappa shape index (κ2) is 7.51. The Kier molecular flexibility index (Phi) is 4.36. The van der Waals surface area contributed by atoms with Crippen LogP contribution < -0.4 is 16.3 Å². The van der Waals surface area contributed by atoms with Crippen LogP contribution in [0, 0.1) is 0 Å². The minimum Gasteiger partial charge on any atom is -0.398 e. The van der Waals surface area contributed by atoms with Crippen molar-refractivity contribution in [3.05, 3.63) is 142 Å². The maximum Gasteiger partial charge on any atom is 0.0778 e. The van der Waals surface area contributed by atoms with Crippen molar-refractivity contribution in [1.82, 2.24) is 0 Å². The second-order valence-corrected chi connectivity index (χ2v) is 8.18. The van der Waals surface area contributed by atoms with Crippen molar-refractivity contribution in [2.24, 2.45) is 10.7 Å². The Balaban J connectivity index is 1.65. The quantitative estimate of drug-likeness (QED) is 0.488. The fourth-order valence-corrected chi connectivity index (χ4v) is 4.83. The van der Waals surface area contributed by atoms with Gasteiger partial charge in [0.05, 0.1) is 11.1 Å². The van der Waals surface area contributed by atoms with E-state index in [-0.39, 0.29) is 0 Å². The lowest BCUT2D eigenvalue weighted by Gasteiger charge is -2.25. The predicted molar refractivity (Wildman–Crippen MR) is 132 cm³/mol. The average Bonchev–Trinajstić information content (AvgIpc) is 3.23. The summed E-state index contributed by atoms with van der Waals surface area (Å²) in [5.74, 6) is 0. The van der Waals surface area contributed by atoms with Crippen molar-refractivity contribution in [3.8, 4) is 11.1 Å². The summed E-state index contributed by atoms with van der Waals surface area (Å²) in [4.78, 5) is 5.02. The number of hydrogen-bond acceptors (Lipinski definition) is 2. The summed E-state index contributed by atoms with van der Waals surface area (Å²) >= 11 is 0. The SMILES string of the molecule is NC1=C(c2ccccc2-c2ccccc2)CC2=c3ccccc3=NC2=C1c1ccccc1. The Morgan fingerprint density at radius 1 is 0.562 bits per heavy atom. The molecule has 2 nitrogen and oxygen atoms in total. The van der Waals surface area contributed by atoms with Crippen molar-refractivity contribution in [2.75, 3.05) is 0 Å². The molecular formula is C30H22N2. The van der Waals surface area contributed by atoms with Gasteiger partial charge in [0.25, 0.3) is 0 Å². The summed E-state index contributed by atoms with van der Waals surface area (Å²) in [5.41, 5.74) is 16.9. The van der Waals surface area contributed by atoms with Crippen LogP contribution in [0.4, 0.5) is 0 Å². The van der Waals surface area contributed by atoms with Gasteiger partial charge in [-0.15, -0.1) is 0 Å². The topological polar surface area (TPSA) is 38.4 Å². The van der Waals surface area contributed by atoms with E-state index in [1.807, 2.05) is 12.1 Å². The highest BCUT2D eigenvalue weighted by atomic mass is 14.8. The molecule has 0 atom stereocenters. The third-order valence-electron chi connectivity index (χ3n) is 6.33. The summed E-state index contributed by atoms with van der Waals surface area (Å²) in [6, 6.07) is 37.9. The van der Waals surface area contributed by atoms with Crippen molar-refractivity contribution in [1.29, 1.82) is 0 Å². The van der Waals surface area contributed by atoms with E-state index >= 15 is 0 Å². The number of fused-ring (bicyclic) bond motifs is 2. The Labute approximate surface area is 187 Å². The number of nitrogens with two attached hydrogens (primary N) is 1. The van der Waals surface area contributed by atoms with Gasteiger partial charge in [0.2, 0.25) is 0 Å². The standard InChI is InChI=1S/C30H22N2/c31-29-25(23-16-8-7-15-22(23)20-11-3-1-4-12-20)19-26-24-17-9-10-18-27(24)32-30(26)28(29)21-13-5-2-6-14-21/h1-18H,19,31H2. The molecule has 0 aromatic heterocycles. The van der Waals surface area contributed by atoms with E-state index in [4.69, 9.17) is 10.7 Å². The molecule has 0 saturated heterocycles. The Hall–Kier alpha value is -4.17. The zero-order chi connectivity index (χ0) is 21.5. The van der Waals surface area contributed by atoms with Gasteiger partial charge < -0.3 is 5.73 Å². The molecule has 1 aliphatic carbocycles. The molecule has 1 heterocycles. The number of benzene rings is 4. The highest BCUT2D eigenvalue weighted by Gasteiger charge is 2.29.